The fourth-order valence-corrected chi connectivity index (χ4v) is 8.35. The summed E-state index contributed by atoms with van der Waals surface area (Å²) < 4.78 is 17.8. The predicted octanol–water partition coefficient (Wildman–Crippen LogP) is 1.11. The minimum absolute atomic E-state index is 0.000956. The number of esters is 1. The van der Waals surface area contributed by atoms with Gasteiger partial charge in [-0.15, -0.1) is 0 Å². The monoisotopic (exact) mass is 478 g/mol. The summed E-state index contributed by atoms with van der Waals surface area (Å²) in [5.41, 5.74) is 0. The topological polar surface area (TPSA) is 85.2 Å². The highest BCUT2D eigenvalue weighted by atomic mass is 28.4. The number of aliphatic hydroxyl groups excluding tert-OH is 2. The van der Waals surface area contributed by atoms with Gasteiger partial charge in [-0.25, -0.2) is 4.79 Å². The molecular formula is C27H30O6Si. The molecule has 0 radical (unpaired) electrons. The molecule has 7 heteroatoms. The third-order valence-electron chi connectivity index (χ3n) is 6.12. The normalized spacial score (nSPS) is 22.8. The van der Waals surface area contributed by atoms with Crippen LogP contribution in [0, 0.1) is 0 Å². The summed E-state index contributed by atoms with van der Waals surface area (Å²) in [5, 5.41) is 24.2. The number of rotatable bonds is 8. The van der Waals surface area contributed by atoms with E-state index in [1.807, 2.05) is 54.6 Å². The SMILES string of the molecule is CCOC(=O)[C@H]1C[C@@H](O)[C@H](O)[C@@H](CO[Si](c2ccccc2)(c2ccccc2)c2ccccc2)O1. The number of carbonyl (C=O) groups is 1. The van der Waals surface area contributed by atoms with Crippen LogP contribution in [-0.2, 0) is 18.7 Å². The van der Waals surface area contributed by atoms with E-state index in [1.54, 1.807) is 6.92 Å². The van der Waals surface area contributed by atoms with E-state index in [0.717, 1.165) is 15.6 Å². The van der Waals surface area contributed by atoms with Crippen molar-refractivity contribution in [2.45, 2.75) is 37.8 Å². The lowest BCUT2D eigenvalue weighted by atomic mass is 9.98. The van der Waals surface area contributed by atoms with Crippen LogP contribution in [0.5, 0.6) is 0 Å². The Hall–Kier alpha value is -2.81. The second-order valence-corrected chi connectivity index (χ2v) is 11.7. The Bertz CT molecular complexity index is 950. The number of ether oxygens (including phenoxy) is 2. The summed E-state index contributed by atoms with van der Waals surface area (Å²) in [5.74, 6) is -0.545. The summed E-state index contributed by atoms with van der Waals surface area (Å²) in [7, 11) is -3.01. The van der Waals surface area contributed by atoms with E-state index < -0.39 is 38.7 Å². The summed E-state index contributed by atoms with van der Waals surface area (Å²) in [6.45, 7) is 1.93. The van der Waals surface area contributed by atoms with Gasteiger partial charge in [0.1, 0.15) is 12.2 Å². The van der Waals surface area contributed by atoms with Gasteiger partial charge in [-0.3, -0.25) is 0 Å². The second kappa shape index (κ2) is 11.1. The highest BCUT2D eigenvalue weighted by Crippen LogP contribution is 2.23. The minimum atomic E-state index is -3.01. The lowest BCUT2D eigenvalue weighted by molar-refractivity contribution is -0.198. The van der Waals surface area contributed by atoms with E-state index in [-0.39, 0.29) is 19.6 Å². The smallest absolute Gasteiger partial charge is 0.335 e. The summed E-state index contributed by atoms with van der Waals surface area (Å²) >= 11 is 0. The molecule has 4 atom stereocenters. The second-order valence-electron chi connectivity index (χ2n) is 8.30. The molecule has 0 bridgehead atoms. The third kappa shape index (κ3) is 4.99. The largest absolute Gasteiger partial charge is 0.464 e. The number of hydrogen-bond acceptors (Lipinski definition) is 6. The molecule has 1 aliphatic heterocycles. The summed E-state index contributed by atoms with van der Waals surface area (Å²) in [6, 6.07) is 30.1. The Morgan fingerprint density at radius 1 is 0.882 bits per heavy atom. The molecule has 2 N–H and O–H groups in total. The van der Waals surface area contributed by atoms with Gasteiger partial charge in [0.25, 0.3) is 8.32 Å². The molecule has 0 saturated carbocycles. The zero-order valence-electron chi connectivity index (χ0n) is 19.1. The number of hydrogen-bond donors (Lipinski definition) is 2. The molecule has 178 valence electrons. The molecule has 1 heterocycles. The van der Waals surface area contributed by atoms with Crippen molar-refractivity contribution in [1.29, 1.82) is 0 Å². The molecule has 0 amide bonds. The Balaban J connectivity index is 1.72. The molecule has 0 aliphatic carbocycles. The average molecular weight is 479 g/mol. The molecular weight excluding hydrogens is 448 g/mol. The van der Waals surface area contributed by atoms with Crippen LogP contribution in [0.3, 0.4) is 0 Å². The molecule has 0 spiro atoms. The standard InChI is InChI=1S/C27H30O6Si/c1-2-31-27(30)24-18-23(28)26(29)25(33-24)19-32-34(20-12-6-3-7-13-20,21-14-8-4-9-15-21)22-16-10-5-11-17-22/h3-17,23-26,28-29H,2,18-19H2,1H3/t23-,24-,25-,26+/m1/s1. The van der Waals surface area contributed by atoms with Crippen molar-refractivity contribution in [1.82, 2.24) is 0 Å². The fraction of sp³-hybridized carbons (Fsp3) is 0.296. The highest BCUT2D eigenvalue weighted by Gasteiger charge is 2.45. The first-order chi connectivity index (χ1) is 16.6. The first kappa shape index (κ1) is 24.3. The van der Waals surface area contributed by atoms with Crippen molar-refractivity contribution in [2.75, 3.05) is 13.2 Å². The first-order valence-corrected chi connectivity index (χ1v) is 13.5. The Kier molecular flexibility index (Phi) is 7.92. The van der Waals surface area contributed by atoms with Crippen molar-refractivity contribution in [3.05, 3.63) is 91.0 Å². The van der Waals surface area contributed by atoms with Gasteiger partial charge in [-0.1, -0.05) is 91.0 Å². The Morgan fingerprint density at radius 3 is 1.79 bits per heavy atom. The van der Waals surface area contributed by atoms with Crippen molar-refractivity contribution >= 4 is 29.8 Å². The number of aliphatic hydroxyl groups is 2. The molecule has 1 fully saturated rings. The molecule has 34 heavy (non-hydrogen) atoms. The van der Waals surface area contributed by atoms with Crippen LogP contribution < -0.4 is 15.6 Å². The molecule has 3 aromatic carbocycles. The predicted molar refractivity (Wildman–Crippen MR) is 132 cm³/mol. The molecule has 0 aromatic heterocycles. The van der Waals surface area contributed by atoms with Gasteiger partial charge in [0.2, 0.25) is 0 Å². The van der Waals surface area contributed by atoms with Crippen molar-refractivity contribution in [2.24, 2.45) is 0 Å². The minimum Gasteiger partial charge on any atom is -0.464 e. The maximum absolute atomic E-state index is 12.3. The number of benzene rings is 3. The molecule has 1 saturated heterocycles. The Labute approximate surface area is 200 Å². The zero-order valence-corrected chi connectivity index (χ0v) is 20.1. The van der Waals surface area contributed by atoms with Crippen LogP contribution in [0.1, 0.15) is 13.3 Å². The summed E-state index contributed by atoms with van der Waals surface area (Å²) in [4.78, 5) is 12.3. The van der Waals surface area contributed by atoms with Crippen LogP contribution in [0.25, 0.3) is 0 Å². The average Bonchev–Trinajstić information content (AvgIpc) is 2.88. The van der Waals surface area contributed by atoms with E-state index >= 15 is 0 Å². The van der Waals surface area contributed by atoms with Crippen LogP contribution in [0.2, 0.25) is 0 Å². The molecule has 3 aromatic rings. The van der Waals surface area contributed by atoms with Gasteiger partial charge in [-0.2, -0.15) is 0 Å². The molecule has 6 nitrogen and oxygen atoms in total. The zero-order chi connectivity index (χ0) is 24.0. The highest BCUT2D eigenvalue weighted by molar-refractivity contribution is 7.07. The van der Waals surface area contributed by atoms with Crippen LogP contribution in [-0.4, -0.2) is 62.1 Å². The lowest BCUT2D eigenvalue weighted by Crippen LogP contribution is -2.70. The van der Waals surface area contributed by atoms with Crippen LogP contribution in [0.15, 0.2) is 91.0 Å². The van der Waals surface area contributed by atoms with Gasteiger partial charge in [0.15, 0.2) is 6.10 Å². The van der Waals surface area contributed by atoms with Crippen molar-refractivity contribution < 1.29 is 28.9 Å². The van der Waals surface area contributed by atoms with Crippen molar-refractivity contribution in [3.8, 4) is 0 Å². The Morgan fingerprint density at radius 2 is 1.35 bits per heavy atom. The van der Waals surface area contributed by atoms with Gasteiger partial charge in [0, 0.05) is 6.42 Å². The van der Waals surface area contributed by atoms with Gasteiger partial charge < -0.3 is 24.1 Å². The van der Waals surface area contributed by atoms with Crippen molar-refractivity contribution in [3.63, 3.8) is 0 Å². The first-order valence-electron chi connectivity index (χ1n) is 11.5. The van der Waals surface area contributed by atoms with Crippen LogP contribution in [0.4, 0.5) is 0 Å². The quantitative estimate of drug-likeness (QED) is 0.287. The van der Waals surface area contributed by atoms with Crippen LogP contribution >= 0.6 is 0 Å². The van der Waals surface area contributed by atoms with Gasteiger partial charge in [0.05, 0.1) is 19.3 Å². The maximum atomic E-state index is 12.3. The molecule has 1 aliphatic rings. The fourth-order valence-electron chi connectivity index (χ4n) is 4.45. The van der Waals surface area contributed by atoms with Gasteiger partial charge >= 0.3 is 5.97 Å². The summed E-state index contributed by atoms with van der Waals surface area (Å²) in [6.07, 6.45) is -4.15. The van der Waals surface area contributed by atoms with E-state index in [2.05, 4.69) is 36.4 Å². The van der Waals surface area contributed by atoms with E-state index in [4.69, 9.17) is 13.9 Å². The van der Waals surface area contributed by atoms with E-state index in [1.165, 1.54) is 0 Å². The lowest BCUT2D eigenvalue weighted by Gasteiger charge is -2.39. The third-order valence-corrected chi connectivity index (χ3v) is 10.2. The number of carbonyl (C=O) groups excluding carboxylic acids is 1. The molecule has 4 rings (SSSR count). The van der Waals surface area contributed by atoms with Gasteiger partial charge in [-0.05, 0) is 22.5 Å². The van der Waals surface area contributed by atoms with E-state index in [0.29, 0.717) is 0 Å². The maximum Gasteiger partial charge on any atom is 0.335 e. The van der Waals surface area contributed by atoms with E-state index in [9.17, 15) is 15.0 Å². The molecule has 0 unspecified atom stereocenters.